The molecule has 6 heteroatoms. The van der Waals surface area contributed by atoms with Gasteiger partial charge in [0.15, 0.2) is 0 Å². The molecule has 0 unspecified atom stereocenters. The Morgan fingerprint density at radius 3 is 2.63 bits per heavy atom. The van der Waals surface area contributed by atoms with Crippen molar-refractivity contribution >= 4 is 17.3 Å². The van der Waals surface area contributed by atoms with Gasteiger partial charge in [-0.3, -0.25) is 0 Å². The van der Waals surface area contributed by atoms with Gasteiger partial charge in [0, 0.05) is 11.4 Å². The highest BCUT2D eigenvalue weighted by Crippen LogP contribution is 2.16. The molecule has 0 radical (unpaired) electrons. The number of hydrogen-bond donors (Lipinski definition) is 1. The monoisotopic (exact) mass is 256 g/mol. The summed E-state index contributed by atoms with van der Waals surface area (Å²) in [6.45, 7) is 0. The summed E-state index contributed by atoms with van der Waals surface area (Å²) in [6, 6.07) is 9.82. The second kappa shape index (κ2) is 5.60. The van der Waals surface area contributed by atoms with E-state index in [1.165, 1.54) is 29.8 Å². The van der Waals surface area contributed by atoms with Crippen LogP contribution in [0.4, 0.5) is 11.6 Å². The Hall–Kier alpha value is -2.24. The van der Waals surface area contributed by atoms with Gasteiger partial charge in [0.2, 0.25) is 0 Å². The highest BCUT2D eigenvalue weighted by Gasteiger charge is 2.10. The Morgan fingerprint density at radius 1 is 1.05 bits per heavy atom. The lowest BCUT2D eigenvalue weighted by Gasteiger charge is -2.11. The Labute approximate surface area is 111 Å². The van der Waals surface area contributed by atoms with Crippen molar-refractivity contribution in [1.29, 1.82) is 0 Å². The fraction of sp³-hybridized carbons (Fsp3) is 0.385. The van der Waals surface area contributed by atoms with Crippen LogP contribution in [0.3, 0.4) is 0 Å². The van der Waals surface area contributed by atoms with Gasteiger partial charge in [-0.05, 0) is 48.2 Å². The fourth-order valence-electron chi connectivity index (χ4n) is 2.17. The van der Waals surface area contributed by atoms with Crippen LogP contribution in [0.25, 0.3) is 0 Å². The van der Waals surface area contributed by atoms with Crippen molar-refractivity contribution in [1.82, 2.24) is 20.3 Å². The number of nitrogens with one attached hydrogen (secondary N) is 1. The molecule has 0 aliphatic heterocycles. The predicted molar refractivity (Wildman–Crippen MR) is 73.5 cm³/mol. The number of para-hydroxylation sites is 1. The summed E-state index contributed by atoms with van der Waals surface area (Å²) >= 11 is 0. The van der Waals surface area contributed by atoms with Gasteiger partial charge in [0.25, 0.3) is 5.95 Å². The van der Waals surface area contributed by atoms with Crippen LogP contribution in [-0.2, 0) is 0 Å². The van der Waals surface area contributed by atoms with Crippen LogP contribution in [0.1, 0.15) is 32.1 Å². The highest BCUT2D eigenvalue weighted by atomic mass is 15.7. The van der Waals surface area contributed by atoms with Crippen molar-refractivity contribution in [2.24, 2.45) is 5.10 Å². The number of aromatic nitrogens is 4. The van der Waals surface area contributed by atoms with Crippen LogP contribution >= 0.6 is 0 Å². The first kappa shape index (κ1) is 11.8. The summed E-state index contributed by atoms with van der Waals surface area (Å²) in [7, 11) is 0. The molecule has 1 heterocycles. The number of tetrazole rings is 1. The quantitative estimate of drug-likeness (QED) is 0.916. The zero-order valence-electron chi connectivity index (χ0n) is 10.7. The minimum Gasteiger partial charge on any atom is -0.321 e. The second-order valence-electron chi connectivity index (χ2n) is 4.61. The van der Waals surface area contributed by atoms with E-state index in [0.29, 0.717) is 5.95 Å². The van der Waals surface area contributed by atoms with Crippen molar-refractivity contribution in [2.75, 3.05) is 5.32 Å². The first-order valence-electron chi connectivity index (χ1n) is 6.59. The van der Waals surface area contributed by atoms with Gasteiger partial charge >= 0.3 is 0 Å². The maximum atomic E-state index is 4.51. The van der Waals surface area contributed by atoms with Crippen molar-refractivity contribution in [3.05, 3.63) is 30.3 Å². The predicted octanol–water partition coefficient (Wildman–Crippen LogP) is 2.58. The third-order valence-electron chi connectivity index (χ3n) is 3.15. The summed E-state index contributed by atoms with van der Waals surface area (Å²) in [5.41, 5.74) is 2.12. The average molecular weight is 256 g/mol. The van der Waals surface area contributed by atoms with Gasteiger partial charge in [-0.2, -0.15) is 5.10 Å². The topological polar surface area (TPSA) is 68.0 Å². The molecule has 0 saturated heterocycles. The molecule has 1 N–H and O–H groups in total. The van der Waals surface area contributed by atoms with E-state index in [1.54, 1.807) is 0 Å². The minimum atomic E-state index is 0.546. The lowest BCUT2D eigenvalue weighted by Crippen LogP contribution is -2.09. The zero-order valence-corrected chi connectivity index (χ0v) is 10.7. The molecule has 98 valence electrons. The number of nitrogens with zero attached hydrogens (tertiary/aromatic N) is 5. The summed E-state index contributed by atoms with van der Waals surface area (Å²) < 4.78 is 0. The van der Waals surface area contributed by atoms with Gasteiger partial charge in [-0.1, -0.05) is 34.5 Å². The molecule has 1 aliphatic rings. The molecule has 0 atom stereocenters. The largest absolute Gasteiger partial charge is 0.321 e. The Kier molecular flexibility index (Phi) is 3.49. The van der Waals surface area contributed by atoms with Crippen LogP contribution in [0.2, 0.25) is 0 Å². The number of hydrogen-bond acceptors (Lipinski definition) is 5. The normalized spacial score (nSPS) is 15.3. The maximum absolute atomic E-state index is 4.51. The molecular formula is C13H16N6. The van der Waals surface area contributed by atoms with Crippen molar-refractivity contribution in [2.45, 2.75) is 32.1 Å². The first-order valence-corrected chi connectivity index (χ1v) is 6.59. The third-order valence-corrected chi connectivity index (χ3v) is 3.15. The molecule has 1 aliphatic carbocycles. The van der Waals surface area contributed by atoms with Gasteiger partial charge in [0.05, 0.1) is 0 Å². The van der Waals surface area contributed by atoms with E-state index in [-0.39, 0.29) is 0 Å². The standard InChI is InChI=1S/C13H16N6/c1-3-7-11(8-4-1)14-13-15-17-18-19(13)16-12-9-5-2-6-10-12/h1,3-4,7-8H,2,5-6,9-10H2,(H,14,15,18). The average Bonchev–Trinajstić information content (AvgIpc) is 2.88. The minimum absolute atomic E-state index is 0.546. The highest BCUT2D eigenvalue weighted by molar-refractivity contribution is 5.85. The van der Waals surface area contributed by atoms with Crippen LogP contribution in [0.15, 0.2) is 35.4 Å². The van der Waals surface area contributed by atoms with Crippen LogP contribution in [0.5, 0.6) is 0 Å². The smallest absolute Gasteiger partial charge is 0.269 e. The van der Waals surface area contributed by atoms with Crippen molar-refractivity contribution < 1.29 is 0 Å². The van der Waals surface area contributed by atoms with E-state index in [4.69, 9.17) is 0 Å². The summed E-state index contributed by atoms with van der Waals surface area (Å²) in [5, 5.41) is 19.2. The summed E-state index contributed by atoms with van der Waals surface area (Å²) in [5.74, 6) is 0.546. The zero-order chi connectivity index (χ0) is 12.9. The summed E-state index contributed by atoms with van der Waals surface area (Å²) in [6.07, 6.45) is 5.81. The van der Waals surface area contributed by atoms with E-state index >= 15 is 0 Å². The second-order valence-corrected chi connectivity index (χ2v) is 4.61. The Morgan fingerprint density at radius 2 is 1.84 bits per heavy atom. The Bertz CT molecular complexity index is 552. The van der Waals surface area contributed by atoms with E-state index in [1.807, 2.05) is 30.3 Å². The van der Waals surface area contributed by atoms with Gasteiger partial charge in [0.1, 0.15) is 0 Å². The van der Waals surface area contributed by atoms with Crippen molar-refractivity contribution in [3.8, 4) is 0 Å². The SMILES string of the molecule is c1ccc(Nc2nnnn2N=C2CCCCC2)cc1. The molecule has 0 amide bonds. The number of anilines is 2. The molecule has 1 aromatic carbocycles. The molecule has 6 nitrogen and oxygen atoms in total. The molecule has 1 saturated carbocycles. The van der Waals surface area contributed by atoms with Crippen LogP contribution < -0.4 is 5.32 Å². The third kappa shape index (κ3) is 2.96. The molecule has 0 bridgehead atoms. The first-order chi connectivity index (χ1) is 9.42. The molecule has 0 spiro atoms. The fourth-order valence-corrected chi connectivity index (χ4v) is 2.17. The molecule has 19 heavy (non-hydrogen) atoms. The maximum Gasteiger partial charge on any atom is 0.269 e. The molecule has 1 fully saturated rings. The van der Waals surface area contributed by atoms with E-state index in [9.17, 15) is 0 Å². The molecule has 2 aromatic rings. The lowest BCUT2D eigenvalue weighted by atomic mass is 9.99. The van der Waals surface area contributed by atoms with Crippen LogP contribution in [-0.4, -0.2) is 26.0 Å². The van der Waals surface area contributed by atoms with E-state index in [0.717, 1.165) is 18.5 Å². The van der Waals surface area contributed by atoms with E-state index in [2.05, 4.69) is 25.9 Å². The van der Waals surface area contributed by atoms with Gasteiger partial charge < -0.3 is 5.32 Å². The van der Waals surface area contributed by atoms with Gasteiger partial charge in [-0.15, -0.1) is 0 Å². The summed E-state index contributed by atoms with van der Waals surface area (Å²) in [4.78, 5) is 1.48. The molecule has 3 rings (SSSR count). The van der Waals surface area contributed by atoms with Crippen molar-refractivity contribution in [3.63, 3.8) is 0 Å². The molecule has 1 aromatic heterocycles. The van der Waals surface area contributed by atoms with Gasteiger partial charge in [-0.25, -0.2) is 0 Å². The lowest BCUT2D eigenvalue weighted by molar-refractivity contribution is 0.637. The number of benzene rings is 1. The number of rotatable bonds is 3. The van der Waals surface area contributed by atoms with Crippen LogP contribution in [0, 0.1) is 0 Å². The molecular weight excluding hydrogens is 240 g/mol. The van der Waals surface area contributed by atoms with E-state index < -0.39 is 0 Å². The Balaban J connectivity index is 1.78.